The summed E-state index contributed by atoms with van der Waals surface area (Å²) in [5.41, 5.74) is 2.70. The Morgan fingerprint density at radius 1 is 1.28 bits per heavy atom. The van der Waals surface area contributed by atoms with Crippen molar-refractivity contribution in [2.24, 2.45) is 0 Å². The highest BCUT2D eigenvalue weighted by Gasteiger charge is 2.25. The summed E-state index contributed by atoms with van der Waals surface area (Å²) >= 11 is 0. The molecule has 2 fully saturated rings. The summed E-state index contributed by atoms with van der Waals surface area (Å²) in [6, 6.07) is 4.17. The van der Waals surface area contributed by atoms with Gasteiger partial charge in [-0.15, -0.1) is 0 Å². The molecule has 0 amide bonds. The van der Waals surface area contributed by atoms with Crippen LogP contribution in [0.5, 0.6) is 0 Å². The molecule has 29 heavy (non-hydrogen) atoms. The molecule has 0 saturated carbocycles. The van der Waals surface area contributed by atoms with Crippen molar-refractivity contribution in [1.29, 1.82) is 0 Å². The predicted molar refractivity (Wildman–Crippen MR) is 114 cm³/mol. The Balaban J connectivity index is 1.42. The SMILES string of the molecule is CC(C)c1c(NC2CCN(C[C@@H]3CNCCO3)CC2)nc2ccc(C(C)F)cn12. The minimum absolute atomic E-state index is 0.300. The summed E-state index contributed by atoms with van der Waals surface area (Å²) in [5.74, 6) is 1.25. The number of nitrogens with one attached hydrogen (secondary N) is 2. The van der Waals surface area contributed by atoms with E-state index in [9.17, 15) is 4.39 Å². The first-order valence-electron chi connectivity index (χ1n) is 11.0. The van der Waals surface area contributed by atoms with Crippen molar-refractivity contribution in [3.63, 3.8) is 0 Å². The summed E-state index contributed by atoms with van der Waals surface area (Å²) in [6.45, 7) is 11.8. The molecule has 4 rings (SSSR count). The maximum absolute atomic E-state index is 13.8. The fourth-order valence-electron chi connectivity index (χ4n) is 4.45. The number of rotatable bonds is 6. The van der Waals surface area contributed by atoms with Crippen LogP contribution in [0.1, 0.15) is 57.0 Å². The van der Waals surface area contributed by atoms with Gasteiger partial charge in [-0.25, -0.2) is 9.37 Å². The van der Waals surface area contributed by atoms with Crippen molar-refractivity contribution >= 4 is 11.5 Å². The van der Waals surface area contributed by atoms with Gasteiger partial charge in [0.25, 0.3) is 0 Å². The number of anilines is 1. The first-order chi connectivity index (χ1) is 14.0. The van der Waals surface area contributed by atoms with Crippen molar-refractivity contribution in [2.45, 2.75) is 57.8 Å². The maximum Gasteiger partial charge on any atom is 0.149 e. The van der Waals surface area contributed by atoms with E-state index in [0.29, 0.717) is 23.6 Å². The summed E-state index contributed by atoms with van der Waals surface area (Å²) < 4.78 is 21.7. The van der Waals surface area contributed by atoms with Crippen LogP contribution in [-0.2, 0) is 4.74 Å². The third-order valence-electron chi connectivity index (χ3n) is 6.08. The molecular weight excluding hydrogens is 369 g/mol. The van der Waals surface area contributed by atoms with E-state index in [0.717, 1.165) is 69.3 Å². The van der Waals surface area contributed by atoms with Gasteiger partial charge in [0.15, 0.2) is 0 Å². The summed E-state index contributed by atoms with van der Waals surface area (Å²) in [5, 5.41) is 7.11. The third-order valence-corrected chi connectivity index (χ3v) is 6.08. The smallest absolute Gasteiger partial charge is 0.149 e. The first kappa shape index (κ1) is 20.6. The highest BCUT2D eigenvalue weighted by Crippen LogP contribution is 2.29. The number of halogens is 1. The fourth-order valence-corrected chi connectivity index (χ4v) is 4.45. The number of nitrogens with zero attached hydrogens (tertiary/aromatic N) is 3. The number of hydrogen-bond acceptors (Lipinski definition) is 5. The van der Waals surface area contributed by atoms with Gasteiger partial charge >= 0.3 is 0 Å². The topological polar surface area (TPSA) is 53.8 Å². The molecule has 2 atom stereocenters. The van der Waals surface area contributed by atoms with Crippen molar-refractivity contribution in [3.05, 3.63) is 29.6 Å². The summed E-state index contributed by atoms with van der Waals surface area (Å²) in [6.07, 6.45) is 3.42. The van der Waals surface area contributed by atoms with E-state index in [1.165, 1.54) is 0 Å². The summed E-state index contributed by atoms with van der Waals surface area (Å²) in [4.78, 5) is 7.34. The van der Waals surface area contributed by atoms with Crippen LogP contribution in [0.4, 0.5) is 10.2 Å². The van der Waals surface area contributed by atoms with Crippen molar-refractivity contribution in [3.8, 4) is 0 Å². The van der Waals surface area contributed by atoms with Crippen LogP contribution in [0.2, 0.25) is 0 Å². The van der Waals surface area contributed by atoms with E-state index in [-0.39, 0.29) is 0 Å². The molecule has 160 valence electrons. The monoisotopic (exact) mass is 403 g/mol. The molecule has 0 bridgehead atoms. The van der Waals surface area contributed by atoms with Gasteiger partial charge in [-0.2, -0.15) is 0 Å². The Labute approximate surface area is 172 Å². The van der Waals surface area contributed by atoms with Gasteiger partial charge in [0.05, 0.1) is 18.4 Å². The van der Waals surface area contributed by atoms with E-state index in [1.807, 2.05) is 18.3 Å². The molecule has 2 aromatic rings. The molecule has 2 aromatic heterocycles. The second kappa shape index (κ2) is 8.98. The van der Waals surface area contributed by atoms with Gasteiger partial charge in [0, 0.05) is 50.5 Å². The molecule has 2 N–H and O–H groups in total. The number of likely N-dealkylation sites (tertiary alicyclic amines) is 1. The van der Waals surface area contributed by atoms with Crippen LogP contribution in [0.15, 0.2) is 18.3 Å². The second-order valence-corrected chi connectivity index (χ2v) is 8.72. The molecule has 0 aliphatic carbocycles. The Morgan fingerprint density at radius 3 is 2.72 bits per heavy atom. The first-order valence-corrected chi connectivity index (χ1v) is 11.0. The Hall–Kier alpha value is -1.70. The van der Waals surface area contributed by atoms with Crippen LogP contribution in [0, 0.1) is 0 Å². The molecule has 0 spiro atoms. The predicted octanol–water partition coefficient (Wildman–Crippen LogP) is 3.35. The largest absolute Gasteiger partial charge is 0.374 e. The van der Waals surface area contributed by atoms with Crippen molar-refractivity contribution in [2.75, 3.05) is 44.6 Å². The number of morpholine rings is 1. The molecule has 0 radical (unpaired) electrons. The zero-order chi connectivity index (χ0) is 20.4. The average molecular weight is 404 g/mol. The lowest BCUT2D eigenvalue weighted by Gasteiger charge is -2.35. The normalized spacial score (nSPS) is 23.0. The van der Waals surface area contributed by atoms with Crippen LogP contribution in [0.3, 0.4) is 0 Å². The molecule has 6 nitrogen and oxygen atoms in total. The maximum atomic E-state index is 13.8. The molecule has 2 saturated heterocycles. The number of fused-ring (bicyclic) bond motifs is 1. The third kappa shape index (κ3) is 4.73. The highest BCUT2D eigenvalue weighted by molar-refractivity contribution is 5.56. The number of hydrogen-bond donors (Lipinski definition) is 2. The van der Waals surface area contributed by atoms with E-state index < -0.39 is 6.17 Å². The zero-order valence-corrected chi connectivity index (χ0v) is 17.8. The Bertz CT molecular complexity index is 807. The lowest BCUT2D eigenvalue weighted by molar-refractivity contribution is 0.00178. The van der Waals surface area contributed by atoms with E-state index in [2.05, 4.69) is 33.8 Å². The Kier molecular flexibility index (Phi) is 6.37. The zero-order valence-electron chi connectivity index (χ0n) is 17.8. The molecule has 1 unspecified atom stereocenters. The van der Waals surface area contributed by atoms with Crippen molar-refractivity contribution in [1.82, 2.24) is 19.6 Å². The minimum atomic E-state index is -0.981. The second-order valence-electron chi connectivity index (χ2n) is 8.72. The van der Waals surface area contributed by atoms with Crippen LogP contribution >= 0.6 is 0 Å². The standard InChI is InChI=1S/C22H34FN5O/c1-15(2)21-22(26-20-5-4-17(16(3)23)13-28(20)21)25-18-6-9-27(10-7-18)14-19-12-24-8-11-29-19/h4-5,13,15-16,18-19,24-25H,6-12,14H2,1-3H3/t16?,19-/m0/s1. The molecular formula is C22H34FN5O. The van der Waals surface area contributed by atoms with E-state index in [4.69, 9.17) is 9.72 Å². The molecule has 2 aliphatic rings. The van der Waals surface area contributed by atoms with Crippen LogP contribution in [0.25, 0.3) is 5.65 Å². The molecule has 4 heterocycles. The van der Waals surface area contributed by atoms with Gasteiger partial charge in [0.2, 0.25) is 0 Å². The lowest BCUT2D eigenvalue weighted by Crippen LogP contribution is -2.48. The van der Waals surface area contributed by atoms with Gasteiger partial charge in [-0.05, 0) is 31.7 Å². The molecule has 7 heteroatoms. The average Bonchev–Trinajstić information content (AvgIpc) is 3.07. The Morgan fingerprint density at radius 2 is 2.07 bits per heavy atom. The molecule has 2 aliphatic heterocycles. The highest BCUT2D eigenvalue weighted by atomic mass is 19.1. The van der Waals surface area contributed by atoms with E-state index in [1.54, 1.807) is 6.92 Å². The van der Waals surface area contributed by atoms with Gasteiger partial charge in [-0.1, -0.05) is 19.9 Å². The number of piperidine rings is 1. The van der Waals surface area contributed by atoms with Gasteiger partial charge < -0.3 is 24.7 Å². The summed E-state index contributed by atoms with van der Waals surface area (Å²) in [7, 11) is 0. The number of aromatic nitrogens is 2. The number of alkyl halides is 1. The van der Waals surface area contributed by atoms with Crippen LogP contribution < -0.4 is 10.6 Å². The molecule has 0 aromatic carbocycles. The van der Waals surface area contributed by atoms with Crippen molar-refractivity contribution < 1.29 is 9.13 Å². The number of pyridine rings is 1. The number of imidazole rings is 1. The minimum Gasteiger partial charge on any atom is -0.374 e. The van der Waals surface area contributed by atoms with E-state index >= 15 is 0 Å². The lowest BCUT2D eigenvalue weighted by atomic mass is 10.0. The fraction of sp³-hybridized carbons (Fsp3) is 0.682. The van der Waals surface area contributed by atoms with Crippen LogP contribution in [-0.4, -0.2) is 65.8 Å². The number of ether oxygens (including phenoxy) is 1. The quantitative estimate of drug-likeness (QED) is 0.775. The van der Waals surface area contributed by atoms with Gasteiger partial charge in [0.1, 0.15) is 17.6 Å². The van der Waals surface area contributed by atoms with Gasteiger partial charge in [-0.3, -0.25) is 0 Å².